The maximum Gasteiger partial charge on any atom is 0.244 e. The molecule has 0 saturated heterocycles. The third kappa shape index (κ3) is 5.64. The van der Waals surface area contributed by atoms with Gasteiger partial charge in [0.15, 0.2) is 0 Å². The van der Waals surface area contributed by atoms with Crippen LogP contribution in [0.4, 0.5) is 5.69 Å². The first-order valence-electron chi connectivity index (χ1n) is 10.7. The molecule has 2 amide bonds. The van der Waals surface area contributed by atoms with Crippen molar-refractivity contribution in [1.29, 1.82) is 0 Å². The minimum Gasteiger partial charge on any atom is -0.343 e. The SMILES string of the molecule is CCc1ccccc1NC(=O)CNC(=O)/C=C/c1cn(-c2ccccc2)nc1-c1cccs1. The number of rotatable bonds is 8. The molecule has 2 heterocycles. The molecule has 2 aromatic heterocycles. The molecule has 6 nitrogen and oxygen atoms in total. The zero-order valence-electron chi connectivity index (χ0n) is 18.2. The Bertz CT molecular complexity index is 1260. The second-order valence-electron chi connectivity index (χ2n) is 7.30. The van der Waals surface area contributed by atoms with Crippen LogP contribution < -0.4 is 10.6 Å². The van der Waals surface area contributed by atoms with E-state index in [2.05, 4.69) is 10.6 Å². The fourth-order valence-electron chi connectivity index (χ4n) is 3.36. The van der Waals surface area contributed by atoms with Crippen LogP contribution in [0.25, 0.3) is 22.3 Å². The number of anilines is 1. The van der Waals surface area contributed by atoms with Crippen molar-refractivity contribution in [3.8, 4) is 16.3 Å². The average molecular weight is 457 g/mol. The van der Waals surface area contributed by atoms with Gasteiger partial charge in [0.25, 0.3) is 0 Å². The first-order valence-corrected chi connectivity index (χ1v) is 11.5. The lowest BCUT2D eigenvalue weighted by molar-refractivity contribution is -0.121. The lowest BCUT2D eigenvalue weighted by Crippen LogP contribution is -2.31. The zero-order chi connectivity index (χ0) is 23.0. The van der Waals surface area contributed by atoms with Gasteiger partial charge in [0.05, 0.1) is 17.1 Å². The summed E-state index contributed by atoms with van der Waals surface area (Å²) < 4.78 is 1.80. The van der Waals surface area contributed by atoms with Crippen molar-refractivity contribution in [1.82, 2.24) is 15.1 Å². The van der Waals surface area contributed by atoms with Gasteiger partial charge in [-0.15, -0.1) is 11.3 Å². The predicted molar refractivity (Wildman–Crippen MR) is 133 cm³/mol. The molecule has 0 aliphatic rings. The Hall–Kier alpha value is -3.97. The molecule has 0 atom stereocenters. The normalized spacial score (nSPS) is 10.9. The second kappa shape index (κ2) is 10.6. The molecule has 166 valence electrons. The largest absolute Gasteiger partial charge is 0.343 e. The summed E-state index contributed by atoms with van der Waals surface area (Å²) in [5, 5.41) is 12.2. The molecule has 4 aromatic rings. The fraction of sp³-hybridized carbons (Fsp3) is 0.115. The van der Waals surface area contributed by atoms with Crippen LogP contribution in [0.3, 0.4) is 0 Å². The molecule has 0 unspecified atom stereocenters. The van der Waals surface area contributed by atoms with Crippen LogP contribution in [0.2, 0.25) is 0 Å². The van der Waals surface area contributed by atoms with Crippen LogP contribution in [0, 0.1) is 0 Å². The first kappa shape index (κ1) is 22.2. The van der Waals surface area contributed by atoms with Crippen molar-refractivity contribution in [3.05, 3.63) is 95.5 Å². The van der Waals surface area contributed by atoms with Crippen LogP contribution in [-0.4, -0.2) is 28.1 Å². The summed E-state index contributed by atoms with van der Waals surface area (Å²) in [4.78, 5) is 25.6. The summed E-state index contributed by atoms with van der Waals surface area (Å²) >= 11 is 1.59. The van der Waals surface area contributed by atoms with Crippen molar-refractivity contribution in [2.45, 2.75) is 13.3 Å². The van der Waals surface area contributed by atoms with Crippen molar-refractivity contribution in [3.63, 3.8) is 0 Å². The summed E-state index contributed by atoms with van der Waals surface area (Å²) in [7, 11) is 0. The smallest absolute Gasteiger partial charge is 0.244 e. The number of hydrogen-bond acceptors (Lipinski definition) is 4. The molecular formula is C26H24N4O2S. The van der Waals surface area contributed by atoms with E-state index >= 15 is 0 Å². The Balaban J connectivity index is 1.43. The van der Waals surface area contributed by atoms with Gasteiger partial charge >= 0.3 is 0 Å². The zero-order valence-corrected chi connectivity index (χ0v) is 19.0. The predicted octanol–water partition coefficient (Wildman–Crippen LogP) is 4.93. The number of benzene rings is 2. The highest BCUT2D eigenvalue weighted by atomic mass is 32.1. The Labute approximate surface area is 196 Å². The van der Waals surface area contributed by atoms with Gasteiger partial charge in [-0.3, -0.25) is 9.59 Å². The number of nitrogens with one attached hydrogen (secondary N) is 2. The molecule has 7 heteroatoms. The summed E-state index contributed by atoms with van der Waals surface area (Å²) in [5.41, 5.74) is 4.37. The fourth-order valence-corrected chi connectivity index (χ4v) is 4.09. The molecule has 0 saturated carbocycles. The minimum absolute atomic E-state index is 0.109. The number of carbonyl (C=O) groups is 2. The van der Waals surface area contributed by atoms with Gasteiger partial charge in [0.1, 0.15) is 5.69 Å². The molecule has 33 heavy (non-hydrogen) atoms. The van der Waals surface area contributed by atoms with Crippen LogP contribution in [0.15, 0.2) is 84.4 Å². The standard InChI is InChI=1S/C26H24N4O2S/c1-2-19-9-6-7-12-22(19)28-25(32)17-27-24(31)15-14-20-18-30(21-10-4-3-5-11-21)29-26(20)23-13-8-16-33-23/h3-16,18H,2,17H2,1H3,(H,27,31)(H,28,32)/b15-14+. The van der Waals surface area contributed by atoms with E-state index in [-0.39, 0.29) is 18.4 Å². The first-order chi connectivity index (χ1) is 16.1. The quantitative estimate of drug-likeness (QED) is 0.369. The molecule has 2 N–H and O–H groups in total. The van der Waals surface area contributed by atoms with Crippen LogP contribution in [-0.2, 0) is 16.0 Å². The highest BCUT2D eigenvalue weighted by molar-refractivity contribution is 7.13. The number of para-hydroxylation sites is 2. The van der Waals surface area contributed by atoms with Crippen molar-refractivity contribution >= 4 is 34.9 Å². The molecular weight excluding hydrogens is 432 g/mol. The van der Waals surface area contributed by atoms with Crippen LogP contribution in [0.1, 0.15) is 18.1 Å². The Kier molecular flexibility index (Phi) is 7.12. The van der Waals surface area contributed by atoms with Crippen molar-refractivity contribution < 1.29 is 9.59 Å². The highest BCUT2D eigenvalue weighted by Crippen LogP contribution is 2.28. The number of aromatic nitrogens is 2. The Morgan fingerprint density at radius 2 is 1.82 bits per heavy atom. The number of amides is 2. The maximum absolute atomic E-state index is 12.4. The third-order valence-corrected chi connectivity index (χ3v) is 5.90. The Morgan fingerprint density at radius 3 is 2.58 bits per heavy atom. The van der Waals surface area contributed by atoms with Crippen LogP contribution in [0.5, 0.6) is 0 Å². The topological polar surface area (TPSA) is 76.0 Å². The second-order valence-corrected chi connectivity index (χ2v) is 8.25. The monoisotopic (exact) mass is 456 g/mol. The molecule has 0 fully saturated rings. The Morgan fingerprint density at radius 1 is 1.03 bits per heavy atom. The van der Waals surface area contributed by atoms with Gasteiger partial charge in [-0.25, -0.2) is 4.68 Å². The molecule has 0 aliphatic carbocycles. The lowest BCUT2D eigenvalue weighted by atomic mass is 10.1. The summed E-state index contributed by atoms with van der Waals surface area (Å²) in [6.07, 6.45) is 5.86. The van der Waals surface area contributed by atoms with Gasteiger partial charge in [0, 0.05) is 23.5 Å². The van der Waals surface area contributed by atoms with E-state index in [4.69, 9.17) is 5.10 Å². The van der Waals surface area contributed by atoms with Gasteiger partial charge in [-0.2, -0.15) is 5.10 Å². The molecule has 0 spiro atoms. The van der Waals surface area contributed by atoms with E-state index in [9.17, 15) is 9.59 Å². The number of nitrogens with zero attached hydrogens (tertiary/aromatic N) is 2. The highest BCUT2D eigenvalue weighted by Gasteiger charge is 2.12. The third-order valence-electron chi connectivity index (χ3n) is 5.03. The minimum atomic E-state index is -0.349. The number of thiophene rings is 1. The molecule has 4 rings (SSSR count). The van der Waals surface area contributed by atoms with E-state index < -0.39 is 0 Å². The maximum atomic E-state index is 12.4. The van der Waals surface area contributed by atoms with E-state index in [1.165, 1.54) is 6.08 Å². The molecule has 0 bridgehead atoms. The van der Waals surface area contributed by atoms with Gasteiger partial charge in [0.2, 0.25) is 11.8 Å². The van der Waals surface area contributed by atoms with E-state index in [0.29, 0.717) is 0 Å². The summed E-state index contributed by atoms with van der Waals surface area (Å²) in [5.74, 6) is -0.618. The van der Waals surface area contributed by atoms with Gasteiger partial charge in [-0.1, -0.05) is 49.4 Å². The van der Waals surface area contributed by atoms with E-state index in [1.54, 1.807) is 22.1 Å². The number of hydrogen-bond donors (Lipinski definition) is 2. The van der Waals surface area contributed by atoms with Gasteiger partial charge in [-0.05, 0) is 47.7 Å². The summed E-state index contributed by atoms with van der Waals surface area (Å²) in [6, 6.07) is 21.4. The lowest BCUT2D eigenvalue weighted by Gasteiger charge is -2.09. The molecule has 0 radical (unpaired) electrons. The van der Waals surface area contributed by atoms with Crippen LogP contribution >= 0.6 is 11.3 Å². The summed E-state index contributed by atoms with van der Waals surface area (Å²) in [6.45, 7) is 1.92. The molecule has 0 aliphatic heterocycles. The van der Waals surface area contributed by atoms with Gasteiger partial charge < -0.3 is 10.6 Å². The average Bonchev–Trinajstić information content (AvgIpc) is 3.52. The van der Waals surface area contributed by atoms with E-state index in [0.717, 1.165) is 39.5 Å². The number of carbonyl (C=O) groups excluding carboxylic acids is 2. The number of aryl methyl sites for hydroxylation is 1. The van der Waals surface area contributed by atoms with Crippen molar-refractivity contribution in [2.75, 3.05) is 11.9 Å². The molecule has 2 aromatic carbocycles. The van der Waals surface area contributed by atoms with Crippen molar-refractivity contribution in [2.24, 2.45) is 0 Å². The van der Waals surface area contributed by atoms with E-state index in [1.807, 2.05) is 85.2 Å².